The fourth-order valence-electron chi connectivity index (χ4n) is 5.18. The largest absolute Gasteiger partial charge is 0.351 e. The Labute approximate surface area is 248 Å². The van der Waals surface area contributed by atoms with Gasteiger partial charge in [-0.1, -0.05) is 29.8 Å². The molecule has 5 rings (SSSR count). The quantitative estimate of drug-likeness (QED) is 0.382. The molecule has 0 unspecified atom stereocenters. The van der Waals surface area contributed by atoms with E-state index >= 15 is 0 Å². The van der Waals surface area contributed by atoms with Gasteiger partial charge in [-0.2, -0.15) is 5.26 Å². The van der Waals surface area contributed by atoms with Crippen molar-refractivity contribution in [1.82, 2.24) is 10.3 Å². The maximum absolute atomic E-state index is 14.5. The molecule has 2 heterocycles. The topological polar surface area (TPSA) is 123 Å². The molecule has 224 valence electrons. The molecule has 1 aliphatic heterocycles. The van der Waals surface area contributed by atoms with Crippen LogP contribution in [0, 0.1) is 23.0 Å². The fraction of sp³-hybridized carbons (Fsp3) is 0.286. The van der Waals surface area contributed by atoms with Crippen LogP contribution in [0.2, 0.25) is 5.02 Å². The van der Waals surface area contributed by atoms with Gasteiger partial charge in [0.2, 0.25) is 15.9 Å². The highest BCUT2D eigenvalue weighted by molar-refractivity contribution is 7.93. The molecule has 2 amide bonds. The number of benzene rings is 2. The average Bonchev–Trinajstić information content (AvgIpc) is 3.25. The number of carbonyl (C=O) groups excluding carboxylic acids is 2. The van der Waals surface area contributed by atoms with Gasteiger partial charge in [0.1, 0.15) is 29.5 Å². The van der Waals surface area contributed by atoms with Crippen LogP contribution in [0.4, 0.5) is 29.1 Å². The van der Waals surface area contributed by atoms with E-state index in [1.807, 2.05) is 6.07 Å². The Morgan fingerprint density at radius 3 is 2.42 bits per heavy atom. The number of rotatable bonds is 7. The summed E-state index contributed by atoms with van der Waals surface area (Å²) in [6.45, 7) is 0. The van der Waals surface area contributed by atoms with Gasteiger partial charge in [-0.05, 0) is 36.8 Å². The van der Waals surface area contributed by atoms with Gasteiger partial charge in [-0.25, -0.2) is 35.3 Å². The third-order valence-electron chi connectivity index (χ3n) is 7.12. The summed E-state index contributed by atoms with van der Waals surface area (Å²) >= 11 is 6.42. The third kappa shape index (κ3) is 6.14. The molecule has 3 aromatic rings. The predicted molar refractivity (Wildman–Crippen MR) is 148 cm³/mol. The molecule has 43 heavy (non-hydrogen) atoms. The molecule has 2 aromatic carbocycles. The second kappa shape index (κ2) is 11.5. The van der Waals surface area contributed by atoms with Crippen molar-refractivity contribution in [2.75, 3.05) is 15.0 Å². The van der Waals surface area contributed by atoms with E-state index in [-0.39, 0.29) is 28.4 Å². The molecular weight excluding hydrogens is 614 g/mol. The number of carbonyl (C=O) groups is 2. The van der Waals surface area contributed by atoms with Crippen LogP contribution in [0.25, 0.3) is 0 Å². The molecule has 1 N–H and O–H groups in total. The van der Waals surface area contributed by atoms with Crippen LogP contribution in [-0.4, -0.2) is 49.0 Å². The predicted octanol–water partition coefficient (Wildman–Crippen LogP) is 4.48. The molecule has 0 bridgehead atoms. The van der Waals surface area contributed by atoms with Crippen LogP contribution in [0.1, 0.15) is 36.4 Å². The lowest BCUT2D eigenvalue weighted by Gasteiger charge is -2.39. The number of sulfonamides is 1. The fourth-order valence-corrected chi connectivity index (χ4v) is 7.11. The number of hydrogen-bond acceptors (Lipinski definition) is 6. The van der Waals surface area contributed by atoms with E-state index in [2.05, 4.69) is 10.3 Å². The van der Waals surface area contributed by atoms with Gasteiger partial charge in [0.15, 0.2) is 0 Å². The molecule has 0 radical (unpaired) electrons. The molecule has 1 aliphatic carbocycles. The van der Waals surface area contributed by atoms with Crippen molar-refractivity contribution in [3.05, 3.63) is 88.6 Å². The van der Waals surface area contributed by atoms with E-state index in [4.69, 9.17) is 11.6 Å². The normalized spacial score (nSPS) is 19.6. The van der Waals surface area contributed by atoms with Gasteiger partial charge in [-0.3, -0.25) is 14.5 Å². The summed E-state index contributed by atoms with van der Waals surface area (Å²) in [6.07, 6.45) is -0.449. The smallest absolute Gasteiger partial charge is 0.252 e. The summed E-state index contributed by atoms with van der Waals surface area (Å²) < 4.78 is 83.3. The standard InChI is InChI=1S/C28H22ClF4N5O4S/c29-22-4-2-1-3-21(22)25(26(39)36-19-13-28(32,33)14-19)37(20-11-17(30)10-18(31)12-20)27(40)23-6-8-43(41,42)38(23)24-9-16(15-34)5-7-35-24/h1-5,7,9-12,19,23,25H,6,8,13-14H2,(H,36,39)/t23-,25-/m0/s1. The van der Waals surface area contributed by atoms with Crippen molar-refractivity contribution >= 4 is 44.9 Å². The molecule has 2 aliphatic rings. The number of aromatic nitrogens is 1. The van der Waals surface area contributed by atoms with Gasteiger partial charge in [-0.15, -0.1) is 0 Å². The molecular formula is C28H22ClF4N5O4S. The summed E-state index contributed by atoms with van der Waals surface area (Å²) in [5.74, 6) is -8.04. The highest BCUT2D eigenvalue weighted by atomic mass is 35.5. The zero-order valence-electron chi connectivity index (χ0n) is 22.1. The van der Waals surface area contributed by atoms with Crippen molar-refractivity contribution in [3.8, 4) is 6.07 Å². The van der Waals surface area contributed by atoms with Crippen molar-refractivity contribution in [3.63, 3.8) is 0 Å². The minimum atomic E-state index is -4.18. The van der Waals surface area contributed by atoms with Crippen molar-refractivity contribution in [2.24, 2.45) is 0 Å². The van der Waals surface area contributed by atoms with Crippen molar-refractivity contribution < 1.29 is 35.6 Å². The van der Waals surface area contributed by atoms with Gasteiger partial charge in [0.25, 0.3) is 11.8 Å². The third-order valence-corrected chi connectivity index (χ3v) is 9.26. The zero-order chi connectivity index (χ0) is 31.1. The maximum atomic E-state index is 14.5. The molecule has 1 saturated carbocycles. The molecule has 9 nitrogen and oxygen atoms in total. The highest BCUT2D eigenvalue weighted by Crippen LogP contribution is 2.40. The van der Waals surface area contributed by atoms with Gasteiger partial charge >= 0.3 is 0 Å². The van der Waals surface area contributed by atoms with E-state index in [9.17, 15) is 40.8 Å². The Balaban J connectivity index is 1.66. The van der Waals surface area contributed by atoms with Crippen LogP contribution in [0.5, 0.6) is 0 Å². The number of pyridine rings is 1. The SMILES string of the molecule is N#Cc1ccnc(N2[C@H](C(=O)N(c3cc(F)cc(F)c3)[C@H](C(=O)NC3CC(F)(F)C3)c3ccccc3Cl)CCS2(=O)=O)c1. The number of nitriles is 1. The monoisotopic (exact) mass is 635 g/mol. The molecule has 1 saturated heterocycles. The van der Waals surface area contributed by atoms with Gasteiger partial charge in [0, 0.05) is 41.7 Å². The first-order valence-electron chi connectivity index (χ1n) is 12.9. The lowest BCUT2D eigenvalue weighted by Crippen LogP contribution is -2.56. The lowest BCUT2D eigenvalue weighted by atomic mass is 9.87. The summed E-state index contributed by atoms with van der Waals surface area (Å²) in [5.41, 5.74) is -0.416. The van der Waals surface area contributed by atoms with Crippen molar-refractivity contribution in [1.29, 1.82) is 5.26 Å². The van der Waals surface area contributed by atoms with E-state index in [1.165, 1.54) is 36.5 Å². The summed E-state index contributed by atoms with van der Waals surface area (Å²) in [7, 11) is -4.18. The van der Waals surface area contributed by atoms with E-state index in [0.29, 0.717) is 15.3 Å². The highest BCUT2D eigenvalue weighted by Gasteiger charge is 2.49. The zero-order valence-corrected chi connectivity index (χ0v) is 23.6. The number of alkyl halides is 2. The van der Waals surface area contributed by atoms with Crippen LogP contribution in [-0.2, 0) is 19.6 Å². The number of anilines is 2. The minimum Gasteiger partial charge on any atom is -0.351 e. The Kier molecular flexibility index (Phi) is 8.06. The van der Waals surface area contributed by atoms with Gasteiger partial charge in [0.05, 0.1) is 23.1 Å². The minimum absolute atomic E-state index is 0.0113. The number of nitrogens with one attached hydrogen (secondary N) is 1. The summed E-state index contributed by atoms with van der Waals surface area (Å²) in [6, 6.07) is 7.92. The number of halogens is 5. The molecule has 2 atom stereocenters. The first-order valence-corrected chi connectivity index (χ1v) is 14.9. The molecule has 15 heteroatoms. The first-order chi connectivity index (χ1) is 20.3. The van der Waals surface area contributed by atoms with Crippen LogP contribution in [0.15, 0.2) is 60.8 Å². The Morgan fingerprint density at radius 1 is 1.12 bits per heavy atom. The summed E-state index contributed by atoms with van der Waals surface area (Å²) in [5, 5.41) is 11.7. The second-order valence-electron chi connectivity index (χ2n) is 10.2. The Morgan fingerprint density at radius 2 is 1.79 bits per heavy atom. The number of hydrogen-bond donors (Lipinski definition) is 1. The summed E-state index contributed by atoms with van der Waals surface area (Å²) in [4.78, 5) is 33.0. The van der Waals surface area contributed by atoms with Crippen LogP contribution in [0.3, 0.4) is 0 Å². The average molecular weight is 636 g/mol. The van der Waals surface area contributed by atoms with E-state index in [0.717, 1.165) is 18.2 Å². The number of amides is 2. The van der Waals surface area contributed by atoms with Crippen LogP contribution >= 0.6 is 11.6 Å². The van der Waals surface area contributed by atoms with E-state index < -0.39 is 81.8 Å². The van der Waals surface area contributed by atoms with Crippen molar-refractivity contribution in [2.45, 2.75) is 43.3 Å². The van der Waals surface area contributed by atoms with Crippen LogP contribution < -0.4 is 14.5 Å². The Bertz CT molecular complexity index is 1720. The first kappa shape index (κ1) is 30.2. The number of nitrogens with zero attached hydrogens (tertiary/aromatic N) is 4. The molecule has 1 aromatic heterocycles. The maximum Gasteiger partial charge on any atom is 0.252 e. The van der Waals surface area contributed by atoms with E-state index in [1.54, 1.807) is 0 Å². The lowest BCUT2D eigenvalue weighted by molar-refractivity contribution is -0.133. The Hall–Kier alpha value is -4.22. The molecule has 2 fully saturated rings. The molecule has 0 spiro atoms. The van der Waals surface area contributed by atoms with Gasteiger partial charge < -0.3 is 5.32 Å². The second-order valence-corrected chi connectivity index (χ2v) is 12.5.